The number of fused-ring (bicyclic) bond motifs is 3. The van der Waals surface area contributed by atoms with Crippen molar-refractivity contribution in [2.75, 3.05) is 0 Å². The molecule has 0 bridgehead atoms. The minimum Gasteiger partial charge on any atom is -0.376 e. The van der Waals surface area contributed by atoms with Gasteiger partial charge < -0.3 is 9.67 Å². The van der Waals surface area contributed by atoms with Gasteiger partial charge in [0, 0.05) is 17.0 Å². The Kier molecular flexibility index (Phi) is 2.20. The Hall–Kier alpha value is -2.13. The summed E-state index contributed by atoms with van der Waals surface area (Å²) < 4.78 is 1.86. The van der Waals surface area contributed by atoms with Crippen LogP contribution in [0.2, 0.25) is 0 Å². The number of aromatic nitrogens is 2. The summed E-state index contributed by atoms with van der Waals surface area (Å²) in [5, 5.41) is 11.8. The van der Waals surface area contributed by atoms with Gasteiger partial charge in [-0.05, 0) is 18.2 Å². The van der Waals surface area contributed by atoms with E-state index in [1.807, 2.05) is 28.8 Å². The van der Waals surface area contributed by atoms with Crippen LogP contribution in [0, 0.1) is 0 Å². The van der Waals surface area contributed by atoms with Crippen molar-refractivity contribution in [3.8, 4) is 0 Å². The normalized spacial score (nSPS) is 11.1. The number of nitrogens with zero attached hydrogens (tertiary/aromatic N) is 2. The van der Waals surface area contributed by atoms with Crippen LogP contribution < -0.4 is 0 Å². The Labute approximate surface area is 98.6 Å². The Bertz CT molecular complexity index is 713. The number of aliphatic hydroxyl groups is 1. The average molecular weight is 224 g/mol. The van der Waals surface area contributed by atoms with Gasteiger partial charge in [-0.15, -0.1) is 0 Å². The van der Waals surface area contributed by atoms with Crippen LogP contribution in [0.5, 0.6) is 0 Å². The lowest BCUT2D eigenvalue weighted by Gasteiger charge is -2.03. The lowest BCUT2D eigenvalue weighted by molar-refractivity contribution is 0.220. The van der Waals surface area contributed by atoms with E-state index in [2.05, 4.69) is 17.6 Å². The van der Waals surface area contributed by atoms with E-state index >= 15 is 0 Å². The van der Waals surface area contributed by atoms with Crippen LogP contribution in [0.25, 0.3) is 27.9 Å². The molecular weight excluding hydrogens is 212 g/mol. The standard InChI is InChI=1S/C14H12N2O/c1-2-12-14-11(7-8-15-12)10-5-3-4-6-13(10)16(14)9-17/h2-8,17H,1,9H2. The second-order valence-electron chi connectivity index (χ2n) is 3.88. The first-order chi connectivity index (χ1) is 8.36. The fraction of sp³-hybridized carbons (Fsp3) is 0.0714. The number of para-hydroxylation sites is 1. The van der Waals surface area contributed by atoms with Crippen LogP contribution in [-0.2, 0) is 6.73 Å². The topological polar surface area (TPSA) is 38.0 Å². The summed E-state index contributed by atoms with van der Waals surface area (Å²) in [6, 6.07) is 9.98. The van der Waals surface area contributed by atoms with Crippen molar-refractivity contribution in [1.29, 1.82) is 0 Å². The molecule has 0 fully saturated rings. The third-order valence-corrected chi connectivity index (χ3v) is 3.04. The molecule has 0 atom stereocenters. The van der Waals surface area contributed by atoms with Gasteiger partial charge in [0.1, 0.15) is 6.73 Å². The highest BCUT2D eigenvalue weighted by atomic mass is 16.3. The first kappa shape index (κ1) is 10.1. The molecular formula is C14H12N2O. The van der Waals surface area contributed by atoms with Crippen molar-refractivity contribution in [2.45, 2.75) is 6.73 Å². The Morgan fingerprint density at radius 3 is 2.82 bits per heavy atom. The fourth-order valence-corrected chi connectivity index (χ4v) is 2.32. The third-order valence-electron chi connectivity index (χ3n) is 3.04. The zero-order valence-electron chi connectivity index (χ0n) is 9.30. The molecule has 17 heavy (non-hydrogen) atoms. The summed E-state index contributed by atoms with van der Waals surface area (Å²) in [7, 11) is 0. The van der Waals surface area contributed by atoms with E-state index in [4.69, 9.17) is 0 Å². The van der Waals surface area contributed by atoms with E-state index < -0.39 is 0 Å². The lowest BCUT2D eigenvalue weighted by Crippen LogP contribution is -1.97. The average Bonchev–Trinajstić information content (AvgIpc) is 2.72. The molecule has 0 radical (unpaired) electrons. The zero-order valence-corrected chi connectivity index (χ0v) is 9.30. The smallest absolute Gasteiger partial charge is 0.120 e. The maximum atomic E-state index is 9.54. The van der Waals surface area contributed by atoms with E-state index in [1.165, 1.54) is 0 Å². The number of aliphatic hydroxyl groups excluding tert-OH is 1. The molecule has 0 saturated heterocycles. The molecule has 0 aliphatic carbocycles. The predicted molar refractivity (Wildman–Crippen MR) is 69.5 cm³/mol. The summed E-state index contributed by atoms with van der Waals surface area (Å²) in [6.45, 7) is 3.71. The molecule has 0 unspecified atom stereocenters. The molecule has 3 nitrogen and oxygen atoms in total. The van der Waals surface area contributed by atoms with E-state index in [0.29, 0.717) is 0 Å². The molecule has 84 valence electrons. The summed E-state index contributed by atoms with van der Waals surface area (Å²) in [4.78, 5) is 4.28. The highest BCUT2D eigenvalue weighted by molar-refractivity contribution is 6.09. The maximum absolute atomic E-state index is 9.54. The molecule has 0 saturated carbocycles. The number of benzene rings is 1. The number of pyridine rings is 1. The van der Waals surface area contributed by atoms with Crippen LogP contribution in [0.4, 0.5) is 0 Å². The largest absolute Gasteiger partial charge is 0.376 e. The van der Waals surface area contributed by atoms with Gasteiger partial charge in [-0.1, -0.05) is 24.8 Å². The van der Waals surface area contributed by atoms with Gasteiger partial charge in [0.2, 0.25) is 0 Å². The predicted octanol–water partition coefficient (Wildman–Crippen LogP) is 2.78. The summed E-state index contributed by atoms with van der Waals surface area (Å²) in [5.74, 6) is 0. The molecule has 3 heteroatoms. The Morgan fingerprint density at radius 2 is 2.06 bits per heavy atom. The van der Waals surface area contributed by atoms with E-state index in [9.17, 15) is 5.11 Å². The molecule has 3 aromatic rings. The van der Waals surface area contributed by atoms with Crippen LogP contribution in [0.1, 0.15) is 5.69 Å². The number of rotatable bonds is 2. The first-order valence-corrected chi connectivity index (χ1v) is 5.46. The number of hydrogen-bond donors (Lipinski definition) is 1. The summed E-state index contributed by atoms with van der Waals surface area (Å²) >= 11 is 0. The molecule has 3 rings (SSSR count). The van der Waals surface area contributed by atoms with E-state index in [0.717, 1.165) is 27.5 Å². The number of hydrogen-bond acceptors (Lipinski definition) is 2. The molecule has 2 aromatic heterocycles. The summed E-state index contributed by atoms with van der Waals surface area (Å²) in [5.41, 5.74) is 2.75. The first-order valence-electron chi connectivity index (χ1n) is 5.46. The highest BCUT2D eigenvalue weighted by Crippen LogP contribution is 2.30. The zero-order chi connectivity index (χ0) is 11.8. The summed E-state index contributed by atoms with van der Waals surface area (Å²) in [6.07, 6.45) is 3.49. The van der Waals surface area contributed by atoms with Crippen molar-refractivity contribution in [2.24, 2.45) is 0 Å². The van der Waals surface area contributed by atoms with Gasteiger partial charge in [-0.3, -0.25) is 4.98 Å². The fourth-order valence-electron chi connectivity index (χ4n) is 2.32. The van der Waals surface area contributed by atoms with Crippen LogP contribution in [0.15, 0.2) is 43.1 Å². The molecule has 0 amide bonds. The monoisotopic (exact) mass is 224 g/mol. The quantitative estimate of drug-likeness (QED) is 0.726. The van der Waals surface area contributed by atoms with Gasteiger partial charge in [0.15, 0.2) is 0 Å². The van der Waals surface area contributed by atoms with Crippen molar-refractivity contribution in [3.63, 3.8) is 0 Å². The van der Waals surface area contributed by atoms with Crippen molar-refractivity contribution < 1.29 is 5.11 Å². The van der Waals surface area contributed by atoms with Gasteiger partial charge in [-0.25, -0.2) is 0 Å². The molecule has 1 N–H and O–H groups in total. The highest BCUT2D eigenvalue weighted by Gasteiger charge is 2.11. The Morgan fingerprint density at radius 1 is 1.24 bits per heavy atom. The van der Waals surface area contributed by atoms with Gasteiger partial charge >= 0.3 is 0 Å². The van der Waals surface area contributed by atoms with Crippen molar-refractivity contribution in [3.05, 3.63) is 48.8 Å². The van der Waals surface area contributed by atoms with E-state index in [1.54, 1.807) is 12.3 Å². The van der Waals surface area contributed by atoms with Crippen LogP contribution in [-0.4, -0.2) is 14.7 Å². The molecule has 0 spiro atoms. The second-order valence-corrected chi connectivity index (χ2v) is 3.88. The van der Waals surface area contributed by atoms with Crippen LogP contribution >= 0.6 is 0 Å². The van der Waals surface area contributed by atoms with Crippen molar-refractivity contribution >= 4 is 27.9 Å². The Balaban J connectivity index is 2.63. The molecule has 0 aliphatic rings. The second kappa shape index (κ2) is 3.71. The van der Waals surface area contributed by atoms with Crippen LogP contribution in [0.3, 0.4) is 0 Å². The molecule has 1 aromatic carbocycles. The van der Waals surface area contributed by atoms with Gasteiger partial charge in [0.25, 0.3) is 0 Å². The van der Waals surface area contributed by atoms with Crippen molar-refractivity contribution in [1.82, 2.24) is 9.55 Å². The maximum Gasteiger partial charge on any atom is 0.120 e. The van der Waals surface area contributed by atoms with Gasteiger partial charge in [0.05, 0.1) is 16.7 Å². The lowest BCUT2D eigenvalue weighted by atomic mass is 10.1. The van der Waals surface area contributed by atoms with E-state index in [-0.39, 0.29) is 6.73 Å². The molecule has 0 aliphatic heterocycles. The SMILES string of the molecule is C=Cc1nccc2c3ccccc3n(CO)c12. The minimum absolute atomic E-state index is 0.0590. The van der Waals surface area contributed by atoms with Gasteiger partial charge in [-0.2, -0.15) is 0 Å². The third kappa shape index (κ3) is 1.29. The minimum atomic E-state index is -0.0590. The molecule has 2 heterocycles.